The number of hydrogen-bond donors (Lipinski definition) is 1. The summed E-state index contributed by atoms with van der Waals surface area (Å²) in [5.74, 6) is 0. The van der Waals surface area contributed by atoms with Crippen molar-refractivity contribution < 1.29 is 5.11 Å². The topological polar surface area (TPSA) is 20.2 Å². The van der Waals surface area contributed by atoms with Crippen LogP contribution in [0.5, 0.6) is 0 Å². The molecule has 84 valence electrons. The first-order valence-electron chi connectivity index (χ1n) is 5.67. The van der Waals surface area contributed by atoms with Gasteiger partial charge in [0.2, 0.25) is 0 Å². The summed E-state index contributed by atoms with van der Waals surface area (Å²) in [5.41, 5.74) is 1.85. The van der Waals surface area contributed by atoms with Crippen molar-refractivity contribution in [3.05, 3.63) is 47.5 Å². The average molecular weight is 214 g/mol. The molecule has 0 aliphatic heterocycles. The molecule has 0 saturated heterocycles. The van der Waals surface area contributed by atoms with Gasteiger partial charge in [0.1, 0.15) is 0 Å². The molecule has 0 radical (unpaired) electrons. The summed E-state index contributed by atoms with van der Waals surface area (Å²) in [6, 6.07) is 12.6. The fraction of sp³-hybridized carbons (Fsp3) is 0.333. The van der Waals surface area contributed by atoms with Gasteiger partial charge in [0.15, 0.2) is 0 Å². The number of rotatable bonds is 2. The van der Waals surface area contributed by atoms with E-state index in [0.717, 1.165) is 0 Å². The quantitative estimate of drug-likeness (QED) is 0.811. The fourth-order valence-electron chi connectivity index (χ4n) is 2.13. The van der Waals surface area contributed by atoms with Gasteiger partial charge in [-0.3, -0.25) is 0 Å². The number of aliphatic hydroxyl groups is 1. The highest BCUT2D eigenvalue weighted by atomic mass is 16.3. The van der Waals surface area contributed by atoms with Crippen LogP contribution in [-0.4, -0.2) is 10.7 Å². The Labute approximate surface area is 96.7 Å². The van der Waals surface area contributed by atoms with E-state index in [2.05, 4.69) is 43.3 Å². The smallest absolute Gasteiger partial charge is 0.0632 e. The van der Waals surface area contributed by atoms with Crippen LogP contribution in [0.1, 0.15) is 25.0 Å². The zero-order valence-corrected chi connectivity index (χ0v) is 10.1. The van der Waals surface area contributed by atoms with Crippen LogP contribution in [0.4, 0.5) is 0 Å². The standard InChI is InChI=1S/C15H18O/c1-11-8-9-12(10-15(2,3)16)14-7-5-4-6-13(11)14/h4-9,16H,10H2,1-3H3. The lowest BCUT2D eigenvalue weighted by Crippen LogP contribution is -2.21. The van der Waals surface area contributed by atoms with Crippen LogP contribution in [-0.2, 0) is 6.42 Å². The van der Waals surface area contributed by atoms with Gasteiger partial charge in [-0.2, -0.15) is 0 Å². The van der Waals surface area contributed by atoms with Crippen molar-refractivity contribution in [2.45, 2.75) is 32.8 Å². The van der Waals surface area contributed by atoms with Crippen molar-refractivity contribution in [1.29, 1.82) is 0 Å². The molecule has 0 aliphatic rings. The van der Waals surface area contributed by atoms with Gasteiger partial charge in [-0.05, 0) is 42.7 Å². The Hall–Kier alpha value is -1.34. The molecule has 16 heavy (non-hydrogen) atoms. The largest absolute Gasteiger partial charge is 0.390 e. The first-order valence-corrected chi connectivity index (χ1v) is 5.67. The molecule has 1 nitrogen and oxygen atoms in total. The van der Waals surface area contributed by atoms with Crippen molar-refractivity contribution in [3.8, 4) is 0 Å². The summed E-state index contributed by atoms with van der Waals surface area (Å²) >= 11 is 0. The van der Waals surface area contributed by atoms with Crippen LogP contribution >= 0.6 is 0 Å². The lowest BCUT2D eigenvalue weighted by Gasteiger charge is -2.19. The summed E-state index contributed by atoms with van der Waals surface area (Å²) in [6.07, 6.45) is 0.688. The maximum Gasteiger partial charge on any atom is 0.0632 e. The van der Waals surface area contributed by atoms with Gasteiger partial charge < -0.3 is 5.11 Å². The van der Waals surface area contributed by atoms with Gasteiger partial charge in [0.05, 0.1) is 5.60 Å². The number of benzene rings is 2. The molecule has 0 spiro atoms. The normalized spacial score (nSPS) is 12.0. The Morgan fingerprint density at radius 3 is 2.25 bits per heavy atom. The Balaban J connectivity index is 2.59. The molecule has 0 unspecified atom stereocenters. The maximum absolute atomic E-state index is 9.90. The predicted molar refractivity (Wildman–Crippen MR) is 68.7 cm³/mol. The van der Waals surface area contributed by atoms with E-state index in [1.165, 1.54) is 21.9 Å². The van der Waals surface area contributed by atoms with Gasteiger partial charge >= 0.3 is 0 Å². The van der Waals surface area contributed by atoms with Gasteiger partial charge in [-0.15, -0.1) is 0 Å². The van der Waals surface area contributed by atoms with Crippen molar-refractivity contribution >= 4 is 10.8 Å². The SMILES string of the molecule is Cc1ccc(CC(C)(C)O)c2ccccc12. The molecule has 0 bridgehead atoms. The summed E-state index contributed by atoms with van der Waals surface area (Å²) in [7, 11) is 0. The second-order valence-electron chi connectivity index (χ2n) is 5.08. The van der Waals surface area contributed by atoms with Crippen LogP contribution in [0.25, 0.3) is 10.8 Å². The van der Waals surface area contributed by atoms with E-state index in [1.54, 1.807) is 0 Å². The predicted octanol–water partition coefficient (Wildman–Crippen LogP) is 3.46. The van der Waals surface area contributed by atoms with Gasteiger partial charge in [0, 0.05) is 6.42 Å². The Morgan fingerprint density at radius 1 is 1.00 bits per heavy atom. The van der Waals surface area contributed by atoms with Gasteiger partial charge in [-0.25, -0.2) is 0 Å². The second-order valence-corrected chi connectivity index (χ2v) is 5.08. The summed E-state index contributed by atoms with van der Waals surface area (Å²) in [6.45, 7) is 5.82. The minimum atomic E-state index is -0.655. The fourth-order valence-corrected chi connectivity index (χ4v) is 2.13. The zero-order chi connectivity index (χ0) is 11.8. The van der Waals surface area contributed by atoms with Crippen molar-refractivity contribution in [2.24, 2.45) is 0 Å². The third kappa shape index (κ3) is 2.25. The van der Waals surface area contributed by atoms with Crippen LogP contribution in [0.2, 0.25) is 0 Å². The molecule has 0 aliphatic carbocycles. The van der Waals surface area contributed by atoms with E-state index in [-0.39, 0.29) is 0 Å². The van der Waals surface area contributed by atoms with Gasteiger partial charge in [0.25, 0.3) is 0 Å². The molecule has 1 heteroatoms. The summed E-state index contributed by atoms with van der Waals surface area (Å²) in [4.78, 5) is 0. The molecule has 0 heterocycles. The molecule has 2 aromatic carbocycles. The molecule has 0 amide bonds. The molecule has 0 fully saturated rings. The second kappa shape index (κ2) is 3.91. The van der Waals surface area contributed by atoms with Crippen LogP contribution in [0, 0.1) is 6.92 Å². The van der Waals surface area contributed by atoms with E-state index < -0.39 is 5.60 Å². The molecule has 1 N–H and O–H groups in total. The van der Waals surface area contributed by atoms with Gasteiger partial charge in [-0.1, -0.05) is 36.4 Å². The Morgan fingerprint density at radius 2 is 1.62 bits per heavy atom. The van der Waals surface area contributed by atoms with Crippen molar-refractivity contribution in [2.75, 3.05) is 0 Å². The number of hydrogen-bond acceptors (Lipinski definition) is 1. The molecule has 2 rings (SSSR count). The third-order valence-corrected chi connectivity index (χ3v) is 2.86. The van der Waals surface area contributed by atoms with E-state index in [9.17, 15) is 5.11 Å². The summed E-state index contributed by atoms with van der Waals surface area (Å²) in [5, 5.41) is 12.4. The van der Waals surface area contributed by atoms with E-state index in [4.69, 9.17) is 0 Å². The average Bonchev–Trinajstić information content (AvgIpc) is 2.21. The molecule has 0 saturated carbocycles. The maximum atomic E-state index is 9.90. The Kier molecular flexibility index (Phi) is 2.73. The number of fused-ring (bicyclic) bond motifs is 1. The Bertz CT molecular complexity index is 506. The number of aryl methyl sites for hydroxylation is 1. The van der Waals surface area contributed by atoms with E-state index in [0.29, 0.717) is 6.42 Å². The highest BCUT2D eigenvalue weighted by Crippen LogP contribution is 2.25. The van der Waals surface area contributed by atoms with Crippen LogP contribution in [0.15, 0.2) is 36.4 Å². The first kappa shape index (κ1) is 11.2. The molecule has 0 atom stereocenters. The highest BCUT2D eigenvalue weighted by Gasteiger charge is 2.15. The van der Waals surface area contributed by atoms with Crippen molar-refractivity contribution in [3.63, 3.8) is 0 Å². The first-order chi connectivity index (χ1) is 7.47. The highest BCUT2D eigenvalue weighted by molar-refractivity contribution is 5.88. The molecular weight excluding hydrogens is 196 g/mol. The lowest BCUT2D eigenvalue weighted by molar-refractivity contribution is 0.0813. The van der Waals surface area contributed by atoms with E-state index in [1.807, 2.05) is 13.8 Å². The lowest BCUT2D eigenvalue weighted by atomic mass is 9.92. The third-order valence-electron chi connectivity index (χ3n) is 2.86. The zero-order valence-electron chi connectivity index (χ0n) is 10.1. The van der Waals surface area contributed by atoms with E-state index >= 15 is 0 Å². The minimum Gasteiger partial charge on any atom is -0.390 e. The minimum absolute atomic E-state index is 0.655. The monoisotopic (exact) mass is 214 g/mol. The molecule has 2 aromatic rings. The summed E-state index contributed by atoms with van der Waals surface area (Å²) < 4.78 is 0. The van der Waals surface area contributed by atoms with Crippen molar-refractivity contribution in [1.82, 2.24) is 0 Å². The molecule has 0 aromatic heterocycles. The molecular formula is C15H18O. The van der Waals surface area contributed by atoms with Crippen LogP contribution in [0.3, 0.4) is 0 Å². The van der Waals surface area contributed by atoms with Crippen LogP contribution < -0.4 is 0 Å².